The second kappa shape index (κ2) is 2.58. The Bertz CT molecular complexity index is 180. The molecule has 0 aromatic heterocycles. The average molecular weight is 176 g/mol. The van der Waals surface area contributed by atoms with E-state index < -0.39 is 7.14 Å². The molecule has 2 unspecified atom stereocenters. The summed E-state index contributed by atoms with van der Waals surface area (Å²) in [5, 5.41) is 0. The van der Waals surface area contributed by atoms with Crippen molar-refractivity contribution in [3.8, 4) is 0 Å². The average Bonchev–Trinajstić information content (AvgIpc) is 2.84. The van der Waals surface area contributed by atoms with Gasteiger partial charge in [0.2, 0.25) is 0 Å². The third-order valence-electron chi connectivity index (χ3n) is 2.18. The van der Waals surface area contributed by atoms with E-state index in [0.29, 0.717) is 13.2 Å². The molecule has 0 spiro atoms. The number of ether oxygens (including phenoxy) is 2. The summed E-state index contributed by atoms with van der Waals surface area (Å²) >= 11 is 0. The van der Waals surface area contributed by atoms with E-state index in [0.717, 1.165) is 12.6 Å². The van der Waals surface area contributed by atoms with Crippen LogP contribution in [0.25, 0.3) is 0 Å². The molecule has 2 rings (SSSR count). The van der Waals surface area contributed by atoms with Crippen molar-refractivity contribution in [3.63, 3.8) is 0 Å². The molecule has 2 aliphatic heterocycles. The van der Waals surface area contributed by atoms with Crippen LogP contribution in [0.5, 0.6) is 0 Å². The SMILES string of the molecule is CCCP(=O)(C1CO1)C1CO1. The van der Waals surface area contributed by atoms with Crippen LogP contribution in [-0.2, 0) is 14.0 Å². The van der Waals surface area contributed by atoms with Crippen molar-refractivity contribution < 1.29 is 14.0 Å². The Labute approximate surface area is 66.4 Å². The summed E-state index contributed by atoms with van der Waals surface area (Å²) in [7, 11) is -2.09. The van der Waals surface area contributed by atoms with Gasteiger partial charge in [0.25, 0.3) is 0 Å². The van der Waals surface area contributed by atoms with Crippen molar-refractivity contribution in [3.05, 3.63) is 0 Å². The predicted molar refractivity (Wildman–Crippen MR) is 42.2 cm³/mol. The Balaban J connectivity index is 2.04. The molecule has 2 aliphatic rings. The summed E-state index contributed by atoms with van der Waals surface area (Å²) in [6.07, 6.45) is 1.76. The van der Waals surface area contributed by atoms with Gasteiger partial charge in [0, 0.05) is 6.16 Å². The molecule has 0 bridgehead atoms. The van der Waals surface area contributed by atoms with Crippen molar-refractivity contribution in [1.29, 1.82) is 0 Å². The molecule has 0 radical (unpaired) electrons. The maximum Gasteiger partial charge on any atom is 0.147 e. The molecule has 2 saturated heterocycles. The van der Waals surface area contributed by atoms with Crippen molar-refractivity contribution >= 4 is 7.14 Å². The molecular weight excluding hydrogens is 163 g/mol. The Hall–Kier alpha value is 0.150. The molecule has 2 fully saturated rings. The number of hydrogen-bond donors (Lipinski definition) is 0. The van der Waals surface area contributed by atoms with Gasteiger partial charge in [0.1, 0.15) is 18.8 Å². The minimum Gasteiger partial charge on any atom is -0.365 e. The van der Waals surface area contributed by atoms with Crippen LogP contribution in [0.3, 0.4) is 0 Å². The smallest absolute Gasteiger partial charge is 0.147 e. The first-order valence-electron chi connectivity index (χ1n) is 4.09. The van der Waals surface area contributed by atoms with Crippen molar-refractivity contribution in [1.82, 2.24) is 0 Å². The van der Waals surface area contributed by atoms with Crippen LogP contribution in [0.15, 0.2) is 0 Å². The summed E-state index contributed by atoms with van der Waals surface area (Å²) in [5.41, 5.74) is 0. The molecule has 4 heteroatoms. The lowest BCUT2D eigenvalue weighted by Gasteiger charge is -2.10. The summed E-state index contributed by atoms with van der Waals surface area (Å²) in [4.78, 5) is 0. The van der Waals surface area contributed by atoms with Gasteiger partial charge < -0.3 is 14.0 Å². The highest BCUT2D eigenvalue weighted by Crippen LogP contribution is 2.64. The van der Waals surface area contributed by atoms with E-state index in [1.165, 1.54) is 0 Å². The molecule has 0 aromatic rings. The lowest BCUT2D eigenvalue weighted by Crippen LogP contribution is -2.01. The Morgan fingerprint density at radius 1 is 1.36 bits per heavy atom. The minimum absolute atomic E-state index is 0.0509. The van der Waals surface area contributed by atoms with E-state index in [9.17, 15) is 4.57 Å². The zero-order chi connectivity index (χ0) is 7.90. The number of epoxide rings is 2. The Kier molecular flexibility index (Phi) is 1.82. The number of hydrogen-bond acceptors (Lipinski definition) is 3. The predicted octanol–water partition coefficient (Wildman–Crippen LogP) is 1.47. The highest BCUT2D eigenvalue weighted by Gasteiger charge is 2.52. The van der Waals surface area contributed by atoms with Crippen LogP contribution in [0.1, 0.15) is 13.3 Å². The molecule has 0 saturated carbocycles. The van der Waals surface area contributed by atoms with Crippen LogP contribution < -0.4 is 0 Å². The van der Waals surface area contributed by atoms with Gasteiger partial charge >= 0.3 is 0 Å². The van der Waals surface area contributed by atoms with E-state index in [1.54, 1.807) is 0 Å². The van der Waals surface area contributed by atoms with Gasteiger partial charge in [-0.3, -0.25) is 0 Å². The maximum absolute atomic E-state index is 12.1. The highest BCUT2D eigenvalue weighted by atomic mass is 31.2. The monoisotopic (exact) mass is 176 g/mol. The Morgan fingerprint density at radius 3 is 2.09 bits per heavy atom. The van der Waals surface area contributed by atoms with Gasteiger partial charge in [-0.15, -0.1) is 0 Å². The van der Waals surface area contributed by atoms with Crippen LogP contribution in [-0.4, -0.2) is 31.1 Å². The fraction of sp³-hybridized carbons (Fsp3) is 1.00. The highest BCUT2D eigenvalue weighted by molar-refractivity contribution is 7.65. The van der Waals surface area contributed by atoms with Gasteiger partial charge in [0.05, 0.1) is 13.2 Å². The van der Waals surface area contributed by atoms with E-state index in [4.69, 9.17) is 9.47 Å². The fourth-order valence-electron chi connectivity index (χ4n) is 1.41. The first-order valence-corrected chi connectivity index (χ1v) is 6.12. The second-order valence-electron chi connectivity index (χ2n) is 3.15. The lowest BCUT2D eigenvalue weighted by molar-refractivity contribution is 0.421. The summed E-state index contributed by atoms with van der Waals surface area (Å²) < 4.78 is 22.3. The van der Waals surface area contributed by atoms with Crippen molar-refractivity contribution in [2.75, 3.05) is 19.4 Å². The molecule has 2 atom stereocenters. The largest absolute Gasteiger partial charge is 0.365 e. The van der Waals surface area contributed by atoms with E-state index in [-0.39, 0.29) is 11.7 Å². The van der Waals surface area contributed by atoms with Crippen molar-refractivity contribution in [2.24, 2.45) is 0 Å². The Morgan fingerprint density at radius 2 is 1.82 bits per heavy atom. The first kappa shape index (κ1) is 7.78. The fourth-order valence-corrected chi connectivity index (χ4v) is 4.24. The summed E-state index contributed by atoms with van der Waals surface area (Å²) in [6, 6.07) is 0. The van der Waals surface area contributed by atoms with Gasteiger partial charge in [-0.05, 0) is 6.42 Å². The molecule has 0 aromatic carbocycles. The minimum atomic E-state index is -2.09. The summed E-state index contributed by atoms with van der Waals surface area (Å²) in [6.45, 7) is 3.44. The van der Waals surface area contributed by atoms with Gasteiger partial charge in [-0.1, -0.05) is 6.92 Å². The van der Waals surface area contributed by atoms with Crippen LogP contribution >= 0.6 is 7.14 Å². The summed E-state index contributed by atoms with van der Waals surface area (Å²) in [5.74, 6) is 0.102. The van der Waals surface area contributed by atoms with E-state index in [2.05, 4.69) is 6.92 Å². The molecular formula is C7H13O3P. The molecule has 0 N–H and O–H groups in total. The van der Waals surface area contributed by atoms with Gasteiger partial charge in [0.15, 0.2) is 0 Å². The number of rotatable bonds is 4. The molecule has 2 heterocycles. The van der Waals surface area contributed by atoms with Gasteiger partial charge in [-0.25, -0.2) is 0 Å². The molecule has 11 heavy (non-hydrogen) atoms. The molecule has 3 nitrogen and oxygen atoms in total. The zero-order valence-electron chi connectivity index (χ0n) is 6.66. The molecule has 0 amide bonds. The standard InChI is InChI=1S/C7H13O3P/c1-2-3-11(8,6-4-9-6)7-5-10-7/h6-7H,2-5H2,1H3. The van der Waals surface area contributed by atoms with E-state index in [1.807, 2.05) is 0 Å². The zero-order valence-corrected chi connectivity index (χ0v) is 7.55. The third-order valence-corrected chi connectivity index (χ3v) is 5.87. The quantitative estimate of drug-likeness (QED) is 0.481. The van der Waals surface area contributed by atoms with Crippen molar-refractivity contribution in [2.45, 2.75) is 25.0 Å². The first-order chi connectivity index (χ1) is 5.27. The van der Waals surface area contributed by atoms with Crippen LogP contribution in [0.4, 0.5) is 0 Å². The van der Waals surface area contributed by atoms with E-state index >= 15 is 0 Å². The third kappa shape index (κ3) is 1.37. The van der Waals surface area contributed by atoms with Gasteiger partial charge in [-0.2, -0.15) is 0 Å². The van der Waals surface area contributed by atoms with Crippen LogP contribution in [0, 0.1) is 0 Å². The van der Waals surface area contributed by atoms with Crippen LogP contribution in [0.2, 0.25) is 0 Å². The normalized spacial score (nSPS) is 39.7. The topological polar surface area (TPSA) is 42.1 Å². The lowest BCUT2D eigenvalue weighted by atomic mass is 10.6. The maximum atomic E-state index is 12.1. The second-order valence-corrected chi connectivity index (χ2v) is 6.46. The molecule has 64 valence electrons. The molecule has 0 aliphatic carbocycles.